The molecule has 1 aromatic rings. The van der Waals surface area contributed by atoms with Crippen molar-refractivity contribution in [3.63, 3.8) is 0 Å². The lowest BCUT2D eigenvalue weighted by molar-refractivity contribution is -0.245. The van der Waals surface area contributed by atoms with Crippen molar-refractivity contribution in [1.29, 1.82) is 0 Å². The van der Waals surface area contributed by atoms with Crippen LogP contribution in [0.15, 0.2) is 18.2 Å². The zero-order valence-corrected chi connectivity index (χ0v) is 12.6. The zero-order valence-electron chi connectivity index (χ0n) is 12.6. The fraction of sp³-hybridized carbons (Fsp3) is 0.500. The molecule has 0 aromatic heterocycles. The number of carbonyl (C=O) groups is 2. The van der Waals surface area contributed by atoms with Crippen molar-refractivity contribution in [2.75, 3.05) is 6.61 Å². The molecule has 0 radical (unpaired) electrons. The third-order valence-electron chi connectivity index (χ3n) is 3.53. The van der Waals surface area contributed by atoms with E-state index in [0.29, 0.717) is 18.4 Å². The minimum absolute atomic E-state index is 0.00370. The molecule has 120 valence electrons. The monoisotopic (exact) mass is 310 g/mol. The Morgan fingerprint density at radius 3 is 2.86 bits per heavy atom. The Balaban J connectivity index is 1.86. The lowest BCUT2D eigenvalue weighted by Gasteiger charge is -2.33. The van der Waals surface area contributed by atoms with Gasteiger partial charge in [0, 0.05) is 20.3 Å². The molecule has 1 N–H and O–H groups in total. The first-order chi connectivity index (χ1) is 10.3. The molecule has 1 atom stereocenters. The number of aryl methyl sites for hydroxylation is 1. The average Bonchev–Trinajstić information content (AvgIpc) is 2.41. The Labute approximate surface area is 128 Å². The first kappa shape index (κ1) is 16.4. The fourth-order valence-corrected chi connectivity index (χ4v) is 2.30. The Kier molecular flexibility index (Phi) is 4.81. The summed E-state index contributed by atoms with van der Waals surface area (Å²) in [6, 6.07) is 3.68. The Hall–Kier alpha value is -1.95. The second-order valence-corrected chi connectivity index (χ2v) is 5.78. The van der Waals surface area contributed by atoms with Gasteiger partial charge in [-0.2, -0.15) is 0 Å². The van der Waals surface area contributed by atoms with E-state index in [1.807, 2.05) is 0 Å². The quantitative estimate of drug-likeness (QED) is 0.667. The number of halogens is 1. The van der Waals surface area contributed by atoms with E-state index in [4.69, 9.17) is 9.47 Å². The normalized spacial score (nSPS) is 20.5. The molecule has 6 heteroatoms. The van der Waals surface area contributed by atoms with E-state index in [2.05, 4.69) is 0 Å². The van der Waals surface area contributed by atoms with E-state index in [0.717, 1.165) is 0 Å². The van der Waals surface area contributed by atoms with Gasteiger partial charge < -0.3 is 14.6 Å². The highest BCUT2D eigenvalue weighted by molar-refractivity contribution is 5.99. The lowest BCUT2D eigenvalue weighted by atomic mass is 9.97. The van der Waals surface area contributed by atoms with Gasteiger partial charge in [0.25, 0.3) is 0 Å². The van der Waals surface area contributed by atoms with E-state index in [9.17, 15) is 19.1 Å². The number of phenolic OH excluding ortho intramolecular Hbond substituents is 1. The second kappa shape index (κ2) is 6.44. The van der Waals surface area contributed by atoms with E-state index < -0.39 is 23.5 Å². The maximum atomic E-state index is 13.1. The second-order valence-electron chi connectivity index (χ2n) is 5.78. The van der Waals surface area contributed by atoms with Gasteiger partial charge in [-0.1, -0.05) is 0 Å². The third kappa shape index (κ3) is 4.04. The van der Waals surface area contributed by atoms with Crippen LogP contribution in [0, 0.1) is 11.7 Å². The molecule has 1 aliphatic heterocycles. The van der Waals surface area contributed by atoms with Gasteiger partial charge in [-0.15, -0.1) is 0 Å². The fourth-order valence-electron chi connectivity index (χ4n) is 2.30. The maximum Gasteiger partial charge on any atom is 0.321 e. The largest absolute Gasteiger partial charge is 0.508 e. The van der Waals surface area contributed by atoms with Gasteiger partial charge in [-0.05, 0) is 36.6 Å². The van der Waals surface area contributed by atoms with Crippen molar-refractivity contribution in [2.45, 2.75) is 38.9 Å². The summed E-state index contributed by atoms with van der Waals surface area (Å²) in [4.78, 5) is 23.8. The molecule has 1 saturated heterocycles. The number of cyclic esters (lactones) is 1. The van der Waals surface area contributed by atoms with Gasteiger partial charge in [0.15, 0.2) is 0 Å². The van der Waals surface area contributed by atoms with Crippen molar-refractivity contribution in [2.24, 2.45) is 5.92 Å². The smallest absolute Gasteiger partial charge is 0.321 e. The molecule has 1 fully saturated rings. The lowest BCUT2D eigenvalue weighted by Crippen LogP contribution is -2.45. The number of esters is 1. The molecule has 1 aliphatic rings. The van der Waals surface area contributed by atoms with Crippen LogP contribution >= 0.6 is 0 Å². The number of phenols is 1. The number of rotatable bonds is 5. The first-order valence-electron chi connectivity index (χ1n) is 7.15. The van der Waals surface area contributed by atoms with Crippen LogP contribution in [0.4, 0.5) is 4.39 Å². The minimum Gasteiger partial charge on any atom is -0.508 e. The van der Waals surface area contributed by atoms with Gasteiger partial charge in [-0.3, -0.25) is 9.59 Å². The van der Waals surface area contributed by atoms with Crippen molar-refractivity contribution >= 4 is 11.8 Å². The molecule has 1 unspecified atom stereocenters. The van der Waals surface area contributed by atoms with Crippen LogP contribution in [-0.2, 0) is 25.5 Å². The predicted molar refractivity (Wildman–Crippen MR) is 75.6 cm³/mol. The molecule has 0 saturated carbocycles. The van der Waals surface area contributed by atoms with E-state index >= 15 is 0 Å². The third-order valence-corrected chi connectivity index (χ3v) is 3.53. The molecule has 0 amide bonds. The first-order valence-corrected chi connectivity index (χ1v) is 7.15. The summed E-state index contributed by atoms with van der Waals surface area (Å²) in [6.07, 6.45) is 0.895. The number of Topliss-reactive ketones (excluding diaryl/α,β-unsaturated/α-hetero) is 1. The van der Waals surface area contributed by atoms with Gasteiger partial charge in [-0.25, -0.2) is 4.39 Å². The highest BCUT2D eigenvalue weighted by atomic mass is 19.1. The highest BCUT2D eigenvalue weighted by Crippen LogP contribution is 2.24. The number of hydrogen-bond donors (Lipinski definition) is 1. The Morgan fingerprint density at radius 2 is 2.18 bits per heavy atom. The zero-order chi connectivity index (χ0) is 16.3. The molecule has 22 heavy (non-hydrogen) atoms. The SMILES string of the molecule is CC1(C)OCC(C(=O)CCCc2cc(F)ccc2O)C(=O)O1. The molecule has 5 nitrogen and oxygen atoms in total. The van der Waals surface area contributed by atoms with E-state index in [-0.39, 0.29) is 24.6 Å². The number of aromatic hydroxyl groups is 1. The van der Waals surface area contributed by atoms with Crippen LogP contribution in [0.1, 0.15) is 32.3 Å². The summed E-state index contributed by atoms with van der Waals surface area (Å²) < 4.78 is 23.4. The number of ether oxygens (including phenoxy) is 2. The molecular formula is C16H19FO5. The van der Waals surface area contributed by atoms with Gasteiger partial charge in [0.05, 0.1) is 6.61 Å². The number of hydrogen-bond acceptors (Lipinski definition) is 5. The average molecular weight is 310 g/mol. The number of carbonyl (C=O) groups excluding carboxylic acids is 2. The van der Waals surface area contributed by atoms with Crippen LogP contribution in [0.25, 0.3) is 0 Å². The van der Waals surface area contributed by atoms with Crippen LogP contribution in [-0.4, -0.2) is 29.3 Å². The van der Waals surface area contributed by atoms with Crippen molar-refractivity contribution in [3.8, 4) is 5.75 Å². The molecular weight excluding hydrogens is 291 g/mol. The van der Waals surface area contributed by atoms with Crippen LogP contribution < -0.4 is 0 Å². The van der Waals surface area contributed by atoms with Crippen molar-refractivity contribution < 1.29 is 28.6 Å². The van der Waals surface area contributed by atoms with Crippen LogP contribution in [0.2, 0.25) is 0 Å². The van der Waals surface area contributed by atoms with E-state index in [1.54, 1.807) is 13.8 Å². The predicted octanol–water partition coefficient (Wildman–Crippen LogP) is 2.35. The standard InChI is InChI=1S/C16H19FO5/c1-16(2)21-9-12(15(20)22-16)14(19)5-3-4-10-8-11(17)6-7-13(10)18/h6-8,12,18H,3-5,9H2,1-2H3. The van der Waals surface area contributed by atoms with E-state index in [1.165, 1.54) is 18.2 Å². The summed E-state index contributed by atoms with van der Waals surface area (Å²) in [5.41, 5.74) is 0.441. The molecule has 0 bridgehead atoms. The molecule has 0 spiro atoms. The summed E-state index contributed by atoms with van der Waals surface area (Å²) in [5.74, 6) is -3.19. The topological polar surface area (TPSA) is 72.8 Å². The van der Waals surface area contributed by atoms with Gasteiger partial charge >= 0.3 is 5.97 Å². The highest BCUT2D eigenvalue weighted by Gasteiger charge is 2.39. The van der Waals surface area contributed by atoms with Crippen molar-refractivity contribution in [3.05, 3.63) is 29.6 Å². The van der Waals surface area contributed by atoms with Crippen molar-refractivity contribution in [1.82, 2.24) is 0 Å². The van der Waals surface area contributed by atoms with Crippen LogP contribution in [0.5, 0.6) is 5.75 Å². The summed E-state index contributed by atoms with van der Waals surface area (Å²) in [5, 5.41) is 9.60. The molecule has 1 aromatic carbocycles. The summed E-state index contributed by atoms with van der Waals surface area (Å²) in [6.45, 7) is 3.23. The number of ketones is 1. The van der Waals surface area contributed by atoms with Gasteiger partial charge in [0.2, 0.25) is 5.79 Å². The van der Waals surface area contributed by atoms with Crippen LogP contribution in [0.3, 0.4) is 0 Å². The summed E-state index contributed by atoms with van der Waals surface area (Å²) >= 11 is 0. The minimum atomic E-state index is -0.999. The summed E-state index contributed by atoms with van der Waals surface area (Å²) in [7, 11) is 0. The molecule has 1 heterocycles. The molecule has 2 rings (SSSR count). The molecule has 0 aliphatic carbocycles. The maximum absolute atomic E-state index is 13.1. The number of benzene rings is 1. The van der Waals surface area contributed by atoms with Gasteiger partial charge in [0.1, 0.15) is 23.3 Å². The Bertz CT molecular complexity index is 582. The Morgan fingerprint density at radius 1 is 1.45 bits per heavy atom.